The standard InChI is InChI=1S/C14H12ClF3N2O/c15-12-8-20-6-5-10(12)7-13(19)9-1-3-11(4-2-9)21-14(16,17)18/h1-6,8,13H,7,19H2. The molecule has 1 aromatic heterocycles. The number of benzene rings is 1. The van der Waals surface area contributed by atoms with Crippen molar-refractivity contribution in [1.82, 2.24) is 4.98 Å². The van der Waals surface area contributed by atoms with E-state index in [2.05, 4.69) is 9.72 Å². The number of nitrogens with zero attached hydrogens (tertiary/aromatic N) is 1. The summed E-state index contributed by atoms with van der Waals surface area (Å²) in [5, 5.41) is 0.505. The maximum atomic E-state index is 12.1. The highest BCUT2D eigenvalue weighted by Crippen LogP contribution is 2.26. The third kappa shape index (κ3) is 4.61. The summed E-state index contributed by atoms with van der Waals surface area (Å²) in [6, 6.07) is 6.84. The predicted octanol–water partition coefficient (Wildman–Crippen LogP) is 3.88. The molecule has 0 bridgehead atoms. The zero-order valence-corrected chi connectivity index (χ0v) is 11.5. The number of nitrogens with two attached hydrogens (primary N) is 1. The van der Waals surface area contributed by atoms with E-state index in [-0.39, 0.29) is 11.8 Å². The second-order valence-electron chi connectivity index (χ2n) is 4.39. The van der Waals surface area contributed by atoms with Crippen LogP contribution in [0.2, 0.25) is 5.02 Å². The fraction of sp³-hybridized carbons (Fsp3) is 0.214. The van der Waals surface area contributed by atoms with E-state index >= 15 is 0 Å². The smallest absolute Gasteiger partial charge is 0.406 e. The Hall–Kier alpha value is -1.79. The van der Waals surface area contributed by atoms with Crippen molar-refractivity contribution in [3.05, 3.63) is 58.9 Å². The average Bonchev–Trinajstić information content (AvgIpc) is 2.40. The lowest BCUT2D eigenvalue weighted by atomic mass is 10.0. The maximum absolute atomic E-state index is 12.1. The van der Waals surface area contributed by atoms with E-state index in [1.165, 1.54) is 30.5 Å². The number of rotatable bonds is 4. The van der Waals surface area contributed by atoms with Crippen molar-refractivity contribution in [2.24, 2.45) is 5.73 Å². The summed E-state index contributed by atoms with van der Waals surface area (Å²) in [7, 11) is 0. The van der Waals surface area contributed by atoms with Crippen molar-refractivity contribution < 1.29 is 17.9 Å². The van der Waals surface area contributed by atoms with Gasteiger partial charge in [0.05, 0.1) is 5.02 Å². The van der Waals surface area contributed by atoms with Gasteiger partial charge in [-0.05, 0) is 35.7 Å². The third-order valence-corrected chi connectivity index (χ3v) is 3.18. The fourth-order valence-corrected chi connectivity index (χ4v) is 2.04. The Labute approximate surface area is 124 Å². The summed E-state index contributed by atoms with van der Waals surface area (Å²) in [6.45, 7) is 0. The Bertz CT molecular complexity index is 602. The molecule has 0 aliphatic carbocycles. The topological polar surface area (TPSA) is 48.1 Å². The number of halogens is 4. The number of alkyl halides is 3. The lowest BCUT2D eigenvalue weighted by molar-refractivity contribution is -0.274. The van der Waals surface area contributed by atoms with Crippen molar-refractivity contribution in [2.45, 2.75) is 18.8 Å². The molecule has 7 heteroatoms. The molecule has 0 fully saturated rings. The Balaban J connectivity index is 2.06. The van der Waals surface area contributed by atoms with E-state index in [0.717, 1.165) is 5.56 Å². The summed E-state index contributed by atoms with van der Waals surface area (Å²) in [6.07, 6.45) is -1.12. The van der Waals surface area contributed by atoms with Gasteiger partial charge in [0.15, 0.2) is 0 Å². The molecule has 112 valence electrons. The number of pyridine rings is 1. The summed E-state index contributed by atoms with van der Waals surface area (Å²) < 4.78 is 40.0. The molecule has 3 nitrogen and oxygen atoms in total. The van der Waals surface area contributed by atoms with Crippen LogP contribution in [0.15, 0.2) is 42.7 Å². The van der Waals surface area contributed by atoms with E-state index in [1.807, 2.05) is 0 Å². The molecule has 2 rings (SSSR count). The van der Waals surface area contributed by atoms with Crippen molar-refractivity contribution >= 4 is 11.6 Å². The normalized spacial score (nSPS) is 13.0. The maximum Gasteiger partial charge on any atom is 0.573 e. The fourth-order valence-electron chi connectivity index (χ4n) is 1.84. The Morgan fingerprint density at radius 1 is 1.19 bits per heavy atom. The van der Waals surface area contributed by atoms with Crippen molar-refractivity contribution in [3.8, 4) is 5.75 Å². The first-order chi connectivity index (χ1) is 9.85. The summed E-state index contributed by atoms with van der Waals surface area (Å²) in [4.78, 5) is 3.87. The van der Waals surface area contributed by atoms with Gasteiger partial charge in [-0.15, -0.1) is 13.2 Å². The molecular formula is C14H12ClF3N2O. The van der Waals surface area contributed by atoms with Crippen molar-refractivity contribution in [1.29, 1.82) is 0 Å². The Morgan fingerprint density at radius 3 is 2.43 bits per heavy atom. The number of hydrogen-bond acceptors (Lipinski definition) is 3. The lowest BCUT2D eigenvalue weighted by Crippen LogP contribution is -2.17. The van der Waals surface area contributed by atoms with Crippen LogP contribution in [0, 0.1) is 0 Å². The molecule has 0 aliphatic heterocycles. The molecule has 1 heterocycles. The minimum atomic E-state index is -4.70. The van der Waals surface area contributed by atoms with Gasteiger partial charge in [0.2, 0.25) is 0 Å². The van der Waals surface area contributed by atoms with Gasteiger partial charge in [-0.2, -0.15) is 0 Å². The highest BCUT2D eigenvalue weighted by Gasteiger charge is 2.31. The monoisotopic (exact) mass is 316 g/mol. The molecule has 1 unspecified atom stereocenters. The van der Waals surface area contributed by atoms with Crippen LogP contribution in [0.4, 0.5) is 13.2 Å². The Morgan fingerprint density at radius 2 is 1.86 bits per heavy atom. The third-order valence-electron chi connectivity index (χ3n) is 2.84. The van der Waals surface area contributed by atoms with Gasteiger partial charge in [-0.25, -0.2) is 0 Å². The van der Waals surface area contributed by atoms with Crippen LogP contribution in [0.3, 0.4) is 0 Å². The zero-order chi connectivity index (χ0) is 15.5. The molecule has 2 N–H and O–H groups in total. The molecule has 0 radical (unpaired) electrons. The van der Waals surface area contributed by atoms with Gasteiger partial charge in [-0.1, -0.05) is 23.7 Å². The van der Waals surface area contributed by atoms with E-state index in [0.29, 0.717) is 17.0 Å². The minimum absolute atomic E-state index is 0.277. The van der Waals surface area contributed by atoms with Gasteiger partial charge in [0.1, 0.15) is 5.75 Å². The molecule has 2 aromatic rings. The van der Waals surface area contributed by atoms with Gasteiger partial charge >= 0.3 is 6.36 Å². The largest absolute Gasteiger partial charge is 0.573 e. The van der Waals surface area contributed by atoms with Crippen LogP contribution in [0.5, 0.6) is 5.75 Å². The second kappa shape index (κ2) is 6.32. The first kappa shape index (κ1) is 15.6. The summed E-state index contributed by atoms with van der Waals surface area (Å²) in [5.41, 5.74) is 7.55. The van der Waals surface area contributed by atoms with Crippen LogP contribution in [-0.2, 0) is 6.42 Å². The molecule has 21 heavy (non-hydrogen) atoms. The van der Waals surface area contributed by atoms with Gasteiger partial charge in [0.25, 0.3) is 0 Å². The molecule has 0 aliphatic rings. The van der Waals surface area contributed by atoms with Crippen LogP contribution in [0.25, 0.3) is 0 Å². The van der Waals surface area contributed by atoms with Gasteiger partial charge in [-0.3, -0.25) is 4.98 Å². The lowest BCUT2D eigenvalue weighted by Gasteiger charge is -2.14. The number of ether oxygens (including phenoxy) is 1. The van der Waals surface area contributed by atoms with Crippen molar-refractivity contribution in [3.63, 3.8) is 0 Å². The highest BCUT2D eigenvalue weighted by atomic mass is 35.5. The molecule has 0 spiro atoms. The first-order valence-corrected chi connectivity index (χ1v) is 6.42. The van der Waals surface area contributed by atoms with Gasteiger partial charge in [0, 0.05) is 18.4 Å². The predicted molar refractivity (Wildman–Crippen MR) is 73.0 cm³/mol. The zero-order valence-electron chi connectivity index (χ0n) is 10.8. The van der Waals surface area contributed by atoms with E-state index in [9.17, 15) is 13.2 Å². The highest BCUT2D eigenvalue weighted by molar-refractivity contribution is 6.31. The summed E-state index contributed by atoms with van der Waals surface area (Å²) >= 11 is 5.99. The summed E-state index contributed by atoms with van der Waals surface area (Å²) in [5.74, 6) is -0.277. The van der Waals surface area contributed by atoms with E-state index in [4.69, 9.17) is 17.3 Å². The van der Waals surface area contributed by atoms with Crippen LogP contribution in [0.1, 0.15) is 17.2 Å². The number of hydrogen-bond donors (Lipinski definition) is 1. The first-order valence-electron chi connectivity index (χ1n) is 6.05. The second-order valence-corrected chi connectivity index (χ2v) is 4.80. The average molecular weight is 317 g/mol. The van der Waals surface area contributed by atoms with Crippen LogP contribution in [-0.4, -0.2) is 11.3 Å². The molecule has 0 saturated carbocycles. The molecular weight excluding hydrogens is 305 g/mol. The molecule has 0 amide bonds. The molecule has 1 aromatic carbocycles. The quantitative estimate of drug-likeness (QED) is 0.931. The van der Waals surface area contributed by atoms with Crippen molar-refractivity contribution in [2.75, 3.05) is 0 Å². The molecule has 0 saturated heterocycles. The van der Waals surface area contributed by atoms with E-state index in [1.54, 1.807) is 12.3 Å². The van der Waals surface area contributed by atoms with Gasteiger partial charge < -0.3 is 10.5 Å². The van der Waals surface area contributed by atoms with Crippen LogP contribution < -0.4 is 10.5 Å². The number of aromatic nitrogens is 1. The molecule has 1 atom stereocenters. The SMILES string of the molecule is NC(Cc1ccncc1Cl)c1ccc(OC(F)(F)F)cc1. The Kier molecular flexibility index (Phi) is 4.69. The minimum Gasteiger partial charge on any atom is -0.406 e. The van der Waals surface area contributed by atoms with Crippen LogP contribution >= 0.6 is 11.6 Å². The van der Waals surface area contributed by atoms with E-state index < -0.39 is 6.36 Å².